The Morgan fingerprint density at radius 3 is 1.75 bits per heavy atom. The van der Waals surface area contributed by atoms with Crippen LogP contribution in [0, 0.1) is 0 Å². The maximum atomic E-state index is 11.7. The van der Waals surface area contributed by atoms with Crippen LogP contribution in [0.4, 0.5) is 0 Å². The number of benzene rings is 1. The molecular weight excluding hydrogens is 248 g/mol. The maximum Gasteiger partial charge on any atom is 0.310 e. The maximum absolute atomic E-state index is 11.7. The van der Waals surface area contributed by atoms with Crippen LogP contribution in [0.15, 0.2) is 18.2 Å². The Balaban J connectivity index is 3.21. The zero-order chi connectivity index (χ0) is 15.6. The first-order valence-corrected chi connectivity index (χ1v) is 7.34. The normalized spacial score (nSPS) is 12.3. The molecule has 0 aliphatic carbocycles. The van der Waals surface area contributed by atoms with Gasteiger partial charge in [0, 0.05) is 0 Å². The topological polar surface area (TPSA) is 26.3 Å². The number of carbonyl (C=O) groups is 1. The lowest BCUT2D eigenvalue weighted by Gasteiger charge is -2.26. The van der Waals surface area contributed by atoms with Gasteiger partial charge in [0.25, 0.3) is 0 Å². The molecule has 1 aromatic carbocycles. The number of carbonyl (C=O) groups excluding carboxylic acids is 1. The van der Waals surface area contributed by atoms with E-state index in [4.69, 9.17) is 4.74 Å². The second-order valence-corrected chi connectivity index (χ2v) is 7.40. The van der Waals surface area contributed by atoms with Gasteiger partial charge in [-0.25, -0.2) is 0 Å². The largest absolute Gasteiger partial charge is 0.466 e. The number of rotatable bonds is 3. The Hall–Kier alpha value is -1.31. The summed E-state index contributed by atoms with van der Waals surface area (Å²) < 4.78 is 5.06. The lowest BCUT2D eigenvalue weighted by molar-refractivity contribution is -0.142. The predicted octanol–water partition coefficient (Wildman–Crippen LogP) is 4.39. The molecule has 0 radical (unpaired) electrons. The summed E-state index contributed by atoms with van der Waals surface area (Å²) in [6.07, 6.45) is 0.348. The molecule has 2 heteroatoms. The Morgan fingerprint density at radius 1 is 0.950 bits per heavy atom. The molecule has 0 saturated heterocycles. The molecule has 0 N–H and O–H groups in total. The fraction of sp³-hybridized carbons (Fsp3) is 0.611. The van der Waals surface area contributed by atoms with E-state index in [9.17, 15) is 4.79 Å². The number of hydrogen-bond acceptors (Lipinski definition) is 2. The van der Waals surface area contributed by atoms with Crippen LogP contribution < -0.4 is 0 Å². The van der Waals surface area contributed by atoms with Gasteiger partial charge in [-0.2, -0.15) is 0 Å². The van der Waals surface area contributed by atoms with Gasteiger partial charge in [0.2, 0.25) is 0 Å². The Labute approximate surface area is 123 Å². The smallest absolute Gasteiger partial charge is 0.310 e. The van der Waals surface area contributed by atoms with E-state index >= 15 is 0 Å². The third-order valence-electron chi connectivity index (χ3n) is 3.38. The van der Waals surface area contributed by atoms with E-state index < -0.39 is 0 Å². The van der Waals surface area contributed by atoms with Crippen molar-refractivity contribution in [3.05, 3.63) is 34.9 Å². The molecule has 0 atom stereocenters. The van der Waals surface area contributed by atoms with Crippen molar-refractivity contribution in [1.82, 2.24) is 0 Å². The highest BCUT2D eigenvalue weighted by atomic mass is 16.5. The van der Waals surface area contributed by atoms with Crippen LogP contribution in [0.2, 0.25) is 0 Å². The summed E-state index contributed by atoms with van der Waals surface area (Å²) in [7, 11) is 0. The lowest BCUT2D eigenvalue weighted by atomic mass is 9.79. The van der Waals surface area contributed by atoms with Crippen LogP contribution >= 0.6 is 0 Å². The SMILES string of the molecule is CCOC(=O)Cc1cc(C(C)(C)C)cc(C(C)(C)C)c1. The molecule has 1 rings (SSSR count). The van der Waals surface area contributed by atoms with Crippen molar-refractivity contribution in [3.63, 3.8) is 0 Å². The van der Waals surface area contributed by atoms with E-state index in [-0.39, 0.29) is 16.8 Å². The van der Waals surface area contributed by atoms with E-state index in [2.05, 4.69) is 59.7 Å². The summed E-state index contributed by atoms with van der Waals surface area (Å²) in [6.45, 7) is 15.5. The van der Waals surface area contributed by atoms with Gasteiger partial charge >= 0.3 is 5.97 Å². The molecule has 0 saturated carbocycles. The molecule has 2 nitrogen and oxygen atoms in total. The molecule has 112 valence electrons. The lowest BCUT2D eigenvalue weighted by Crippen LogP contribution is -2.18. The van der Waals surface area contributed by atoms with Gasteiger partial charge in [-0.1, -0.05) is 59.7 Å². The van der Waals surface area contributed by atoms with Gasteiger partial charge < -0.3 is 4.74 Å². The molecule has 1 aromatic rings. The van der Waals surface area contributed by atoms with Crippen molar-refractivity contribution in [2.24, 2.45) is 0 Å². The van der Waals surface area contributed by atoms with Gasteiger partial charge in [-0.3, -0.25) is 4.79 Å². The number of hydrogen-bond donors (Lipinski definition) is 0. The van der Waals surface area contributed by atoms with Crippen molar-refractivity contribution in [1.29, 1.82) is 0 Å². The van der Waals surface area contributed by atoms with Crippen molar-refractivity contribution in [2.75, 3.05) is 6.61 Å². The highest BCUT2D eigenvalue weighted by Gasteiger charge is 2.21. The average molecular weight is 276 g/mol. The highest BCUT2D eigenvalue weighted by molar-refractivity contribution is 5.72. The molecule has 0 heterocycles. The summed E-state index contributed by atoms with van der Waals surface area (Å²) in [4.78, 5) is 11.7. The van der Waals surface area contributed by atoms with Gasteiger partial charge in [0.15, 0.2) is 0 Å². The van der Waals surface area contributed by atoms with Crippen molar-refractivity contribution >= 4 is 5.97 Å². The molecule has 0 aliphatic rings. The van der Waals surface area contributed by atoms with Gasteiger partial charge in [-0.05, 0) is 34.4 Å². The second kappa shape index (κ2) is 5.99. The molecule has 0 amide bonds. The summed E-state index contributed by atoms with van der Waals surface area (Å²) >= 11 is 0. The first-order chi connectivity index (χ1) is 9.04. The van der Waals surface area contributed by atoms with E-state index in [1.165, 1.54) is 11.1 Å². The predicted molar refractivity (Wildman–Crippen MR) is 84.2 cm³/mol. The van der Waals surface area contributed by atoms with E-state index in [1.807, 2.05) is 6.92 Å². The second-order valence-electron chi connectivity index (χ2n) is 7.40. The number of esters is 1. The monoisotopic (exact) mass is 276 g/mol. The third kappa shape index (κ3) is 4.66. The Morgan fingerprint density at radius 2 is 1.40 bits per heavy atom. The average Bonchev–Trinajstić information content (AvgIpc) is 2.26. The van der Waals surface area contributed by atoms with Crippen LogP contribution in [0.25, 0.3) is 0 Å². The zero-order valence-electron chi connectivity index (χ0n) is 14.0. The molecule has 0 aliphatic heterocycles. The van der Waals surface area contributed by atoms with E-state index in [0.29, 0.717) is 13.0 Å². The minimum atomic E-state index is -0.154. The van der Waals surface area contributed by atoms with Crippen LogP contribution in [-0.4, -0.2) is 12.6 Å². The first-order valence-electron chi connectivity index (χ1n) is 7.34. The minimum Gasteiger partial charge on any atom is -0.466 e. The van der Waals surface area contributed by atoms with Crippen molar-refractivity contribution in [3.8, 4) is 0 Å². The standard InChI is InChI=1S/C18H28O2/c1-8-20-16(19)11-13-9-14(17(2,3)4)12-15(10-13)18(5,6)7/h9-10,12H,8,11H2,1-7H3. The number of ether oxygens (including phenoxy) is 1. The molecule has 0 aromatic heterocycles. The molecule has 0 unspecified atom stereocenters. The van der Waals surface area contributed by atoms with Gasteiger partial charge in [0.05, 0.1) is 13.0 Å². The van der Waals surface area contributed by atoms with Gasteiger partial charge in [-0.15, -0.1) is 0 Å². The van der Waals surface area contributed by atoms with Crippen LogP contribution in [0.1, 0.15) is 65.2 Å². The summed E-state index contributed by atoms with van der Waals surface area (Å²) in [6, 6.07) is 6.52. The molecule has 20 heavy (non-hydrogen) atoms. The fourth-order valence-corrected chi connectivity index (χ4v) is 2.04. The van der Waals surface area contributed by atoms with Crippen molar-refractivity contribution in [2.45, 2.75) is 65.7 Å². The van der Waals surface area contributed by atoms with E-state index in [1.54, 1.807) is 0 Å². The molecular formula is C18H28O2. The Bertz CT molecular complexity index is 441. The summed E-state index contributed by atoms with van der Waals surface area (Å²) in [5.41, 5.74) is 3.73. The Kier molecular flexibility index (Phi) is 5.01. The van der Waals surface area contributed by atoms with Crippen LogP contribution in [0.5, 0.6) is 0 Å². The highest BCUT2D eigenvalue weighted by Crippen LogP contribution is 2.30. The summed E-state index contributed by atoms with van der Waals surface area (Å²) in [5, 5.41) is 0. The van der Waals surface area contributed by atoms with Crippen molar-refractivity contribution < 1.29 is 9.53 Å². The molecule has 0 bridgehead atoms. The zero-order valence-corrected chi connectivity index (χ0v) is 14.0. The van der Waals surface area contributed by atoms with E-state index in [0.717, 1.165) is 5.56 Å². The van der Waals surface area contributed by atoms with Crippen LogP contribution in [0.3, 0.4) is 0 Å². The van der Waals surface area contributed by atoms with Gasteiger partial charge in [0.1, 0.15) is 0 Å². The third-order valence-corrected chi connectivity index (χ3v) is 3.38. The van der Waals surface area contributed by atoms with Crippen LogP contribution in [-0.2, 0) is 26.8 Å². The molecule has 0 fully saturated rings. The minimum absolute atomic E-state index is 0.0741. The fourth-order valence-electron chi connectivity index (χ4n) is 2.04. The summed E-state index contributed by atoms with van der Waals surface area (Å²) in [5.74, 6) is -0.154. The first kappa shape index (κ1) is 16.7. The molecule has 0 spiro atoms. The quantitative estimate of drug-likeness (QED) is 0.765.